The maximum atomic E-state index is 14.3. The third-order valence-corrected chi connectivity index (χ3v) is 6.61. The first kappa shape index (κ1) is 38.0. The molecule has 244 valence electrons. The van der Waals surface area contributed by atoms with Gasteiger partial charge in [-0.15, -0.1) is 6.42 Å². The summed E-state index contributed by atoms with van der Waals surface area (Å²) >= 11 is 0. The van der Waals surface area contributed by atoms with Crippen molar-refractivity contribution in [2.45, 2.75) is 110 Å². The fourth-order valence-electron chi connectivity index (χ4n) is 4.56. The first-order chi connectivity index (χ1) is 20.8. The molecule has 4 amide bonds. The number of terminal acetylenes is 1. The van der Waals surface area contributed by atoms with Crippen LogP contribution in [0, 0.1) is 12.3 Å². The van der Waals surface area contributed by atoms with Crippen molar-refractivity contribution < 1.29 is 33.4 Å². The minimum absolute atomic E-state index is 0.0211. The molecule has 0 saturated carbocycles. The van der Waals surface area contributed by atoms with Crippen LogP contribution in [0.15, 0.2) is 24.3 Å². The summed E-state index contributed by atoms with van der Waals surface area (Å²) in [6, 6.07) is 4.38. The zero-order valence-corrected chi connectivity index (χ0v) is 26.9. The van der Waals surface area contributed by atoms with Gasteiger partial charge in [0, 0.05) is 25.1 Å². The van der Waals surface area contributed by atoms with Crippen LogP contribution in [-0.2, 0) is 28.7 Å². The average Bonchev–Trinajstić information content (AvgIpc) is 2.95. The van der Waals surface area contributed by atoms with E-state index in [4.69, 9.17) is 21.6 Å². The molecule has 0 heterocycles. The summed E-state index contributed by atoms with van der Waals surface area (Å²) in [5.74, 6) is 0.321. The fourth-order valence-corrected chi connectivity index (χ4v) is 4.56. The van der Waals surface area contributed by atoms with E-state index >= 15 is 0 Å². The number of ether oxygens (including phenoxy) is 2. The van der Waals surface area contributed by atoms with Crippen molar-refractivity contribution in [2.75, 3.05) is 19.7 Å². The molecule has 11 heteroatoms. The lowest BCUT2D eigenvalue weighted by molar-refractivity contribution is -0.144. The molecule has 1 aromatic rings. The highest BCUT2D eigenvalue weighted by Crippen LogP contribution is 2.27. The lowest BCUT2D eigenvalue weighted by Crippen LogP contribution is -2.53. The van der Waals surface area contributed by atoms with E-state index in [2.05, 4.69) is 23.5 Å². The predicted molar refractivity (Wildman–Crippen MR) is 168 cm³/mol. The van der Waals surface area contributed by atoms with Gasteiger partial charge in [0.2, 0.25) is 17.7 Å². The highest BCUT2D eigenvalue weighted by atomic mass is 16.6. The minimum atomic E-state index is -1.22. The molecule has 0 aromatic heterocycles. The smallest absolute Gasteiger partial charge is 0.408 e. The first-order valence-electron chi connectivity index (χ1n) is 15.4. The molecule has 0 aliphatic heterocycles. The highest BCUT2D eigenvalue weighted by Gasteiger charge is 2.37. The zero-order valence-electron chi connectivity index (χ0n) is 26.9. The molecular weight excluding hydrogens is 564 g/mol. The number of alkyl carbamates (subject to hydrolysis) is 1. The number of carbonyl (C=O) groups excluding carboxylic acids is 5. The average molecular weight is 615 g/mol. The second kappa shape index (κ2) is 20.0. The van der Waals surface area contributed by atoms with Gasteiger partial charge in [-0.25, -0.2) is 4.79 Å². The third kappa shape index (κ3) is 14.4. The SMILES string of the molecule is C#Cc1ccccc1C(C(=O)NCCC(=O)OCC)N(CCCCCCCC)C(=O)C(CCC(N)=O)NC(=O)OC(C)(C)C. The quantitative estimate of drug-likeness (QED) is 0.120. The number of hydrogen-bond donors (Lipinski definition) is 3. The normalized spacial score (nSPS) is 12.3. The van der Waals surface area contributed by atoms with Gasteiger partial charge in [0.1, 0.15) is 17.7 Å². The molecule has 1 aromatic carbocycles. The van der Waals surface area contributed by atoms with Crippen molar-refractivity contribution in [3.63, 3.8) is 0 Å². The topological polar surface area (TPSA) is 157 Å². The standard InChI is InChI=1S/C33H50N4O7/c1-7-10-11-12-13-16-23-37(31(41)26(19-20-27(34)38)36-32(42)44-33(4,5)6)29(25-18-15-14-17-24(25)8-2)30(40)35-22-21-28(39)43-9-3/h2,14-15,17-18,26,29H,7,9-13,16,19-23H2,1,3-6H3,(H2,34,38)(H,35,40)(H,36,42). The van der Waals surface area contributed by atoms with Crippen LogP contribution in [0.2, 0.25) is 0 Å². The van der Waals surface area contributed by atoms with E-state index in [1.165, 1.54) is 4.90 Å². The van der Waals surface area contributed by atoms with Gasteiger partial charge in [-0.1, -0.05) is 63.1 Å². The van der Waals surface area contributed by atoms with Crippen LogP contribution in [0.25, 0.3) is 0 Å². The zero-order chi connectivity index (χ0) is 33.1. The Hall–Kier alpha value is -4.07. The van der Waals surface area contributed by atoms with Gasteiger partial charge in [-0.2, -0.15) is 0 Å². The largest absolute Gasteiger partial charge is 0.466 e. The Morgan fingerprint density at radius 2 is 1.66 bits per heavy atom. The van der Waals surface area contributed by atoms with Crippen molar-refractivity contribution in [2.24, 2.45) is 5.73 Å². The number of hydrogen-bond acceptors (Lipinski definition) is 7. The Morgan fingerprint density at radius 1 is 1.00 bits per heavy atom. The molecule has 44 heavy (non-hydrogen) atoms. The molecule has 1 rings (SSSR count). The molecule has 2 atom stereocenters. The van der Waals surface area contributed by atoms with Gasteiger partial charge in [-0.05, 0) is 52.2 Å². The summed E-state index contributed by atoms with van der Waals surface area (Å²) in [5, 5.41) is 5.33. The van der Waals surface area contributed by atoms with Crippen LogP contribution in [0.1, 0.15) is 110 Å². The number of benzene rings is 1. The summed E-state index contributed by atoms with van der Waals surface area (Å²) in [6.07, 6.45) is 10.2. The van der Waals surface area contributed by atoms with E-state index in [0.717, 1.165) is 32.1 Å². The van der Waals surface area contributed by atoms with Crippen molar-refractivity contribution in [1.82, 2.24) is 15.5 Å². The number of amides is 4. The van der Waals surface area contributed by atoms with E-state index < -0.39 is 47.5 Å². The van der Waals surface area contributed by atoms with Crippen molar-refractivity contribution in [3.05, 3.63) is 35.4 Å². The monoisotopic (exact) mass is 614 g/mol. The Morgan fingerprint density at radius 3 is 2.27 bits per heavy atom. The molecule has 0 aliphatic carbocycles. The maximum absolute atomic E-state index is 14.3. The van der Waals surface area contributed by atoms with Gasteiger partial charge in [-0.3, -0.25) is 19.2 Å². The Balaban J connectivity index is 3.54. The molecule has 0 radical (unpaired) electrons. The van der Waals surface area contributed by atoms with Crippen molar-refractivity contribution in [1.29, 1.82) is 0 Å². The molecule has 4 N–H and O–H groups in total. The van der Waals surface area contributed by atoms with Crippen LogP contribution in [-0.4, -0.2) is 66.0 Å². The van der Waals surface area contributed by atoms with E-state index in [0.29, 0.717) is 17.5 Å². The lowest BCUT2D eigenvalue weighted by atomic mass is 9.96. The Kier molecular flexibility index (Phi) is 17.2. The second-order valence-electron chi connectivity index (χ2n) is 11.5. The molecule has 0 bridgehead atoms. The van der Waals surface area contributed by atoms with Crippen LogP contribution >= 0.6 is 0 Å². The predicted octanol–water partition coefficient (Wildman–Crippen LogP) is 4.13. The molecule has 0 spiro atoms. The number of nitrogens with two attached hydrogens (primary N) is 1. The number of carbonyl (C=O) groups is 5. The van der Waals surface area contributed by atoms with Gasteiger partial charge < -0.3 is 30.7 Å². The van der Waals surface area contributed by atoms with E-state index in [9.17, 15) is 24.0 Å². The third-order valence-electron chi connectivity index (χ3n) is 6.61. The fraction of sp³-hybridized carbons (Fsp3) is 0.606. The summed E-state index contributed by atoms with van der Waals surface area (Å²) < 4.78 is 10.3. The molecule has 0 saturated heterocycles. The van der Waals surface area contributed by atoms with E-state index in [1.807, 2.05) is 0 Å². The molecule has 2 unspecified atom stereocenters. The van der Waals surface area contributed by atoms with Gasteiger partial charge in [0.15, 0.2) is 0 Å². The molecule has 11 nitrogen and oxygen atoms in total. The number of esters is 1. The minimum Gasteiger partial charge on any atom is -0.466 e. The van der Waals surface area contributed by atoms with Crippen LogP contribution in [0.4, 0.5) is 4.79 Å². The van der Waals surface area contributed by atoms with E-state index in [1.54, 1.807) is 52.0 Å². The van der Waals surface area contributed by atoms with Crippen LogP contribution in [0.3, 0.4) is 0 Å². The summed E-state index contributed by atoms with van der Waals surface area (Å²) in [7, 11) is 0. The van der Waals surface area contributed by atoms with Gasteiger partial charge in [0.05, 0.1) is 13.0 Å². The van der Waals surface area contributed by atoms with Crippen molar-refractivity contribution in [3.8, 4) is 12.3 Å². The number of rotatable bonds is 19. The highest BCUT2D eigenvalue weighted by molar-refractivity contribution is 5.93. The number of primary amides is 1. The molecular formula is C33H50N4O7. The van der Waals surface area contributed by atoms with E-state index in [-0.39, 0.29) is 39.0 Å². The summed E-state index contributed by atoms with van der Waals surface area (Å²) in [4.78, 5) is 65.9. The first-order valence-corrected chi connectivity index (χ1v) is 15.4. The Labute approximate surface area is 262 Å². The van der Waals surface area contributed by atoms with Crippen LogP contribution in [0.5, 0.6) is 0 Å². The van der Waals surface area contributed by atoms with Gasteiger partial charge >= 0.3 is 12.1 Å². The molecule has 0 fully saturated rings. The molecule has 0 aliphatic rings. The maximum Gasteiger partial charge on any atom is 0.408 e. The second-order valence-corrected chi connectivity index (χ2v) is 11.5. The van der Waals surface area contributed by atoms with Gasteiger partial charge in [0.25, 0.3) is 0 Å². The number of unbranched alkanes of at least 4 members (excludes halogenated alkanes) is 5. The summed E-state index contributed by atoms with van der Waals surface area (Å²) in [5.41, 5.74) is 5.37. The number of nitrogens with one attached hydrogen (secondary N) is 2. The number of nitrogens with zero attached hydrogens (tertiary/aromatic N) is 1. The lowest BCUT2D eigenvalue weighted by Gasteiger charge is -2.35. The van der Waals surface area contributed by atoms with Crippen LogP contribution < -0.4 is 16.4 Å². The summed E-state index contributed by atoms with van der Waals surface area (Å²) in [6.45, 7) is 9.23. The Bertz CT molecular complexity index is 1140. The van der Waals surface area contributed by atoms with Crippen molar-refractivity contribution >= 4 is 29.8 Å².